The van der Waals surface area contributed by atoms with Crippen molar-refractivity contribution in [2.45, 2.75) is 25.7 Å². The van der Waals surface area contributed by atoms with Crippen LogP contribution in [0.1, 0.15) is 35.2 Å². The van der Waals surface area contributed by atoms with Crippen molar-refractivity contribution >= 4 is 17.5 Å². The number of anilines is 1. The van der Waals surface area contributed by atoms with Gasteiger partial charge in [-0.25, -0.2) is 0 Å². The van der Waals surface area contributed by atoms with Crippen molar-refractivity contribution in [1.82, 2.24) is 4.90 Å². The molecule has 4 nitrogen and oxygen atoms in total. The number of aryl methyl sites for hydroxylation is 1. The smallest absolute Gasteiger partial charge is 0.255 e. The fourth-order valence-corrected chi connectivity index (χ4v) is 2.92. The average molecular weight is 322 g/mol. The van der Waals surface area contributed by atoms with E-state index in [0.29, 0.717) is 12.0 Å². The number of hydrogen-bond donors (Lipinski definition) is 1. The summed E-state index contributed by atoms with van der Waals surface area (Å²) in [7, 11) is 0. The lowest BCUT2D eigenvalue weighted by atomic mass is 10.1. The number of amides is 2. The van der Waals surface area contributed by atoms with Crippen molar-refractivity contribution in [1.29, 1.82) is 0 Å². The van der Waals surface area contributed by atoms with Gasteiger partial charge < -0.3 is 10.2 Å². The second-order valence-corrected chi connectivity index (χ2v) is 6.10. The first-order valence-corrected chi connectivity index (χ1v) is 8.45. The van der Waals surface area contributed by atoms with E-state index in [0.717, 1.165) is 43.6 Å². The van der Waals surface area contributed by atoms with Crippen molar-refractivity contribution in [2.75, 3.05) is 18.4 Å². The first kappa shape index (κ1) is 16.2. The van der Waals surface area contributed by atoms with Crippen LogP contribution in [0.4, 0.5) is 5.69 Å². The summed E-state index contributed by atoms with van der Waals surface area (Å²) in [6.07, 6.45) is 3.54. The topological polar surface area (TPSA) is 49.4 Å². The van der Waals surface area contributed by atoms with Crippen LogP contribution in [0.15, 0.2) is 54.6 Å². The molecule has 2 aromatic carbocycles. The SMILES string of the molecule is O=C(Nc1ccc(CCC(=O)N2CCCC2)cc1)c1ccccc1. The minimum absolute atomic E-state index is 0.118. The molecule has 1 aliphatic heterocycles. The van der Waals surface area contributed by atoms with Gasteiger partial charge in [0.2, 0.25) is 5.91 Å². The van der Waals surface area contributed by atoms with Gasteiger partial charge in [-0.3, -0.25) is 9.59 Å². The molecule has 24 heavy (non-hydrogen) atoms. The largest absolute Gasteiger partial charge is 0.343 e. The lowest BCUT2D eigenvalue weighted by Gasteiger charge is -2.15. The van der Waals surface area contributed by atoms with Crippen molar-refractivity contribution < 1.29 is 9.59 Å². The Labute approximate surface area is 142 Å². The molecule has 1 fully saturated rings. The second-order valence-electron chi connectivity index (χ2n) is 6.10. The molecule has 2 aromatic rings. The first-order chi connectivity index (χ1) is 11.7. The van der Waals surface area contributed by atoms with Crippen LogP contribution in [0.3, 0.4) is 0 Å². The van der Waals surface area contributed by atoms with Gasteiger partial charge in [-0.2, -0.15) is 0 Å². The minimum atomic E-state index is -0.118. The van der Waals surface area contributed by atoms with Crippen LogP contribution >= 0.6 is 0 Å². The predicted octanol–water partition coefficient (Wildman–Crippen LogP) is 3.49. The van der Waals surface area contributed by atoms with Crippen LogP contribution in [0, 0.1) is 0 Å². The fraction of sp³-hybridized carbons (Fsp3) is 0.300. The maximum absolute atomic E-state index is 12.1. The second kappa shape index (κ2) is 7.77. The monoisotopic (exact) mass is 322 g/mol. The lowest BCUT2D eigenvalue weighted by Crippen LogP contribution is -2.27. The Morgan fingerprint density at radius 3 is 2.25 bits per heavy atom. The van der Waals surface area contributed by atoms with E-state index < -0.39 is 0 Å². The van der Waals surface area contributed by atoms with Gasteiger partial charge >= 0.3 is 0 Å². The van der Waals surface area contributed by atoms with E-state index in [2.05, 4.69) is 5.32 Å². The molecule has 0 aromatic heterocycles. The summed E-state index contributed by atoms with van der Waals surface area (Å²) < 4.78 is 0. The summed E-state index contributed by atoms with van der Waals surface area (Å²) >= 11 is 0. The van der Waals surface area contributed by atoms with Gasteiger partial charge in [0.25, 0.3) is 5.91 Å². The number of carbonyl (C=O) groups excluding carboxylic acids is 2. The highest BCUT2D eigenvalue weighted by Crippen LogP contribution is 2.14. The highest BCUT2D eigenvalue weighted by molar-refractivity contribution is 6.04. The molecule has 0 atom stereocenters. The molecule has 124 valence electrons. The molecule has 2 amide bonds. The molecule has 1 saturated heterocycles. The van der Waals surface area contributed by atoms with Crippen LogP contribution in [-0.2, 0) is 11.2 Å². The summed E-state index contributed by atoms with van der Waals surface area (Å²) in [5.74, 6) is 0.126. The number of nitrogens with zero attached hydrogens (tertiary/aromatic N) is 1. The van der Waals surface area contributed by atoms with Crippen molar-refractivity contribution in [3.63, 3.8) is 0 Å². The molecule has 0 unspecified atom stereocenters. The summed E-state index contributed by atoms with van der Waals surface area (Å²) in [5, 5.41) is 2.88. The molecule has 0 spiro atoms. The standard InChI is InChI=1S/C20H22N2O2/c23-19(22-14-4-5-15-22)13-10-16-8-11-18(12-9-16)21-20(24)17-6-2-1-3-7-17/h1-3,6-9,11-12H,4-5,10,13-15H2,(H,21,24). The number of rotatable bonds is 5. The van der Waals surface area contributed by atoms with Crippen LogP contribution in [0.25, 0.3) is 0 Å². The van der Waals surface area contributed by atoms with E-state index in [1.165, 1.54) is 0 Å². The Morgan fingerprint density at radius 1 is 0.917 bits per heavy atom. The van der Waals surface area contributed by atoms with E-state index in [4.69, 9.17) is 0 Å². The lowest BCUT2D eigenvalue weighted by molar-refractivity contribution is -0.130. The third-order valence-corrected chi connectivity index (χ3v) is 4.33. The zero-order chi connectivity index (χ0) is 16.8. The summed E-state index contributed by atoms with van der Waals surface area (Å²) in [6, 6.07) is 16.9. The number of carbonyl (C=O) groups is 2. The number of hydrogen-bond acceptors (Lipinski definition) is 2. The van der Waals surface area contributed by atoms with Gasteiger partial charge in [0.1, 0.15) is 0 Å². The number of benzene rings is 2. The van der Waals surface area contributed by atoms with E-state index in [-0.39, 0.29) is 11.8 Å². The van der Waals surface area contributed by atoms with E-state index in [1.807, 2.05) is 47.4 Å². The van der Waals surface area contributed by atoms with Gasteiger partial charge in [0.05, 0.1) is 0 Å². The Hall–Kier alpha value is -2.62. The molecular weight excluding hydrogens is 300 g/mol. The van der Waals surface area contributed by atoms with Crippen LogP contribution < -0.4 is 5.32 Å². The van der Waals surface area contributed by atoms with Gasteiger partial charge in [-0.15, -0.1) is 0 Å². The normalized spacial score (nSPS) is 13.8. The van der Waals surface area contributed by atoms with E-state index in [9.17, 15) is 9.59 Å². The van der Waals surface area contributed by atoms with Gasteiger partial charge in [0.15, 0.2) is 0 Å². The third kappa shape index (κ3) is 4.22. The molecule has 1 N–H and O–H groups in total. The molecule has 3 rings (SSSR count). The van der Waals surface area contributed by atoms with Crippen molar-refractivity contribution in [3.05, 3.63) is 65.7 Å². The zero-order valence-electron chi connectivity index (χ0n) is 13.7. The molecule has 1 heterocycles. The molecule has 0 saturated carbocycles. The van der Waals surface area contributed by atoms with Crippen LogP contribution in [-0.4, -0.2) is 29.8 Å². The Balaban J connectivity index is 1.51. The van der Waals surface area contributed by atoms with E-state index >= 15 is 0 Å². The first-order valence-electron chi connectivity index (χ1n) is 8.45. The third-order valence-electron chi connectivity index (χ3n) is 4.33. The van der Waals surface area contributed by atoms with Crippen LogP contribution in [0.5, 0.6) is 0 Å². The zero-order valence-corrected chi connectivity index (χ0v) is 13.7. The molecule has 1 aliphatic rings. The van der Waals surface area contributed by atoms with Gasteiger partial charge in [0, 0.05) is 30.8 Å². The quantitative estimate of drug-likeness (QED) is 0.916. The number of likely N-dealkylation sites (tertiary alicyclic amines) is 1. The molecule has 0 radical (unpaired) electrons. The Kier molecular flexibility index (Phi) is 5.26. The highest BCUT2D eigenvalue weighted by Gasteiger charge is 2.17. The highest BCUT2D eigenvalue weighted by atomic mass is 16.2. The Bertz CT molecular complexity index is 689. The molecule has 0 aliphatic carbocycles. The average Bonchev–Trinajstić information content (AvgIpc) is 3.16. The van der Waals surface area contributed by atoms with Gasteiger partial charge in [-0.1, -0.05) is 30.3 Å². The summed E-state index contributed by atoms with van der Waals surface area (Å²) in [4.78, 5) is 26.1. The Morgan fingerprint density at radius 2 is 1.58 bits per heavy atom. The van der Waals surface area contributed by atoms with E-state index in [1.54, 1.807) is 12.1 Å². The fourth-order valence-electron chi connectivity index (χ4n) is 2.92. The molecule has 0 bridgehead atoms. The van der Waals surface area contributed by atoms with Crippen molar-refractivity contribution in [2.24, 2.45) is 0 Å². The predicted molar refractivity (Wildman–Crippen MR) is 95.0 cm³/mol. The number of nitrogens with one attached hydrogen (secondary N) is 1. The summed E-state index contributed by atoms with van der Waals surface area (Å²) in [5.41, 5.74) is 2.51. The molecular formula is C20H22N2O2. The maximum atomic E-state index is 12.1. The van der Waals surface area contributed by atoms with Crippen molar-refractivity contribution in [3.8, 4) is 0 Å². The summed E-state index contributed by atoms with van der Waals surface area (Å²) in [6.45, 7) is 1.81. The molecule has 4 heteroatoms. The van der Waals surface area contributed by atoms with Gasteiger partial charge in [-0.05, 0) is 49.1 Å². The maximum Gasteiger partial charge on any atom is 0.255 e. The minimum Gasteiger partial charge on any atom is -0.343 e. The van der Waals surface area contributed by atoms with Crippen LogP contribution in [0.2, 0.25) is 0 Å².